The van der Waals surface area contributed by atoms with E-state index < -0.39 is 5.82 Å². The fourth-order valence-corrected chi connectivity index (χ4v) is 2.94. The second kappa shape index (κ2) is 6.54. The lowest BCUT2D eigenvalue weighted by atomic mass is 10.1. The summed E-state index contributed by atoms with van der Waals surface area (Å²) in [4.78, 5) is 4.40. The summed E-state index contributed by atoms with van der Waals surface area (Å²) < 4.78 is 15.3. The SMILES string of the molecule is Fc1ccc(N=Cc2cccn2-c2ccc3ccccc3c2)cc1Cl. The molecule has 0 spiro atoms. The van der Waals surface area contributed by atoms with E-state index in [0.717, 1.165) is 11.4 Å². The van der Waals surface area contributed by atoms with Gasteiger partial charge in [0.2, 0.25) is 0 Å². The van der Waals surface area contributed by atoms with Gasteiger partial charge in [0.15, 0.2) is 0 Å². The van der Waals surface area contributed by atoms with E-state index in [1.807, 2.05) is 30.5 Å². The molecule has 0 amide bonds. The Morgan fingerprint density at radius 2 is 1.72 bits per heavy atom. The molecule has 0 aliphatic heterocycles. The topological polar surface area (TPSA) is 17.3 Å². The van der Waals surface area contributed by atoms with Gasteiger partial charge in [0.1, 0.15) is 5.82 Å². The molecular weight excluding hydrogens is 335 g/mol. The van der Waals surface area contributed by atoms with Crippen molar-refractivity contribution in [3.63, 3.8) is 0 Å². The summed E-state index contributed by atoms with van der Waals surface area (Å²) in [6.07, 6.45) is 3.74. The molecule has 4 rings (SSSR count). The summed E-state index contributed by atoms with van der Waals surface area (Å²) in [6.45, 7) is 0. The molecule has 0 atom stereocenters. The van der Waals surface area contributed by atoms with Crippen LogP contribution in [0.1, 0.15) is 5.69 Å². The van der Waals surface area contributed by atoms with E-state index in [9.17, 15) is 4.39 Å². The van der Waals surface area contributed by atoms with Crippen LogP contribution in [0.2, 0.25) is 5.02 Å². The summed E-state index contributed by atoms with van der Waals surface area (Å²) >= 11 is 5.80. The standard InChI is InChI=1S/C21H14ClFN2/c22-20-13-17(8-10-21(20)23)24-14-19-6-3-11-25(19)18-9-7-15-4-1-2-5-16(15)12-18/h1-14H. The lowest BCUT2D eigenvalue weighted by Crippen LogP contribution is -1.97. The number of benzene rings is 3. The van der Waals surface area contributed by atoms with Crippen LogP contribution in [0.4, 0.5) is 10.1 Å². The van der Waals surface area contributed by atoms with Gasteiger partial charge < -0.3 is 4.57 Å². The van der Waals surface area contributed by atoms with Crippen molar-refractivity contribution in [3.05, 3.63) is 95.5 Å². The minimum Gasteiger partial charge on any atom is -0.316 e. The van der Waals surface area contributed by atoms with Crippen LogP contribution >= 0.6 is 11.6 Å². The zero-order valence-electron chi connectivity index (χ0n) is 13.2. The second-order valence-electron chi connectivity index (χ2n) is 5.69. The predicted octanol–water partition coefficient (Wildman–Crippen LogP) is 6.17. The number of nitrogens with zero attached hydrogens (tertiary/aromatic N) is 2. The summed E-state index contributed by atoms with van der Waals surface area (Å²) in [5, 5.41) is 2.45. The van der Waals surface area contributed by atoms with Gasteiger partial charge in [-0.1, -0.05) is 41.9 Å². The van der Waals surface area contributed by atoms with Gasteiger partial charge in [-0.3, -0.25) is 4.99 Å². The van der Waals surface area contributed by atoms with Gasteiger partial charge in [-0.2, -0.15) is 0 Å². The minimum atomic E-state index is -0.444. The highest BCUT2D eigenvalue weighted by molar-refractivity contribution is 6.31. The highest BCUT2D eigenvalue weighted by Gasteiger charge is 2.03. The van der Waals surface area contributed by atoms with Crippen molar-refractivity contribution >= 4 is 34.3 Å². The fourth-order valence-electron chi connectivity index (χ4n) is 2.77. The predicted molar refractivity (Wildman–Crippen MR) is 102 cm³/mol. The van der Waals surface area contributed by atoms with Crippen LogP contribution in [0.5, 0.6) is 0 Å². The average molecular weight is 349 g/mol. The van der Waals surface area contributed by atoms with E-state index in [1.54, 1.807) is 12.3 Å². The van der Waals surface area contributed by atoms with Gasteiger partial charge in [0.05, 0.1) is 22.6 Å². The molecule has 2 nitrogen and oxygen atoms in total. The molecule has 0 saturated heterocycles. The number of hydrogen-bond donors (Lipinski definition) is 0. The number of aromatic nitrogens is 1. The van der Waals surface area contributed by atoms with Crippen molar-refractivity contribution in [2.24, 2.45) is 4.99 Å². The third-order valence-corrected chi connectivity index (χ3v) is 4.33. The molecule has 0 unspecified atom stereocenters. The molecule has 0 saturated carbocycles. The molecule has 1 aromatic heterocycles. The van der Waals surface area contributed by atoms with Gasteiger partial charge in [-0.25, -0.2) is 4.39 Å². The van der Waals surface area contributed by atoms with E-state index in [2.05, 4.69) is 39.9 Å². The van der Waals surface area contributed by atoms with Gasteiger partial charge in [0.25, 0.3) is 0 Å². The number of aliphatic imine (C=N–C) groups is 1. The van der Waals surface area contributed by atoms with Crippen LogP contribution in [-0.4, -0.2) is 10.8 Å². The summed E-state index contributed by atoms with van der Waals surface area (Å²) in [5.41, 5.74) is 2.59. The number of fused-ring (bicyclic) bond motifs is 1. The number of halogens is 2. The molecule has 4 aromatic rings. The lowest BCUT2D eigenvalue weighted by molar-refractivity contribution is 0.628. The van der Waals surface area contributed by atoms with Crippen LogP contribution in [-0.2, 0) is 0 Å². The number of rotatable bonds is 3. The van der Waals surface area contributed by atoms with Crippen molar-refractivity contribution < 1.29 is 4.39 Å². The Morgan fingerprint density at radius 1 is 0.880 bits per heavy atom. The van der Waals surface area contributed by atoms with Crippen LogP contribution in [0.25, 0.3) is 16.5 Å². The van der Waals surface area contributed by atoms with Crippen molar-refractivity contribution in [1.29, 1.82) is 0 Å². The van der Waals surface area contributed by atoms with Gasteiger partial charge in [-0.05, 0) is 53.2 Å². The van der Waals surface area contributed by atoms with Gasteiger partial charge >= 0.3 is 0 Å². The van der Waals surface area contributed by atoms with Gasteiger partial charge in [-0.15, -0.1) is 0 Å². The second-order valence-corrected chi connectivity index (χ2v) is 6.10. The monoisotopic (exact) mass is 348 g/mol. The van der Waals surface area contributed by atoms with E-state index in [4.69, 9.17) is 11.6 Å². The van der Waals surface area contributed by atoms with Crippen LogP contribution < -0.4 is 0 Å². The molecule has 1 heterocycles. The molecule has 0 aliphatic carbocycles. The first-order valence-corrected chi connectivity index (χ1v) is 8.24. The van der Waals surface area contributed by atoms with Crippen molar-refractivity contribution in [2.75, 3.05) is 0 Å². The third-order valence-electron chi connectivity index (χ3n) is 4.04. The highest BCUT2D eigenvalue weighted by atomic mass is 35.5. The summed E-state index contributed by atoms with van der Waals surface area (Å²) in [7, 11) is 0. The van der Waals surface area contributed by atoms with E-state index >= 15 is 0 Å². The van der Waals surface area contributed by atoms with Gasteiger partial charge in [0, 0.05) is 11.9 Å². The van der Waals surface area contributed by atoms with E-state index in [1.165, 1.54) is 22.9 Å². The molecule has 0 bridgehead atoms. The molecule has 3 aromatic carbocycles. The van der Waals surface area contributed by atoms with E-state index in [0.29, 0.717) is 5.69 Å². The van der Waals surface area contributed by atoms with Crippen LogP contribution in [0, 0.1) is 5.82 Å². The summed E-state index contributed by atoms with van der Waals surface area (Å²) in [6, 6.07) is 22.9. The first-order chi connectivity index (χ1) is 12.2. The zero-order valence-corrected chi connectivity index (χ0v) is 14.0. The van der Waals surface area contributed by atoms with Crippen molar-refractivity contribution in [3.8, 4) is 5.69 Å². The molecule has 0 fully saturated rings. The van der Waals surface area contributed by atoms with Crippen LogP contribution in [0.3, 0.4) is 0 Å². The van der Waals surface area contributed by atoms with Crippen LogP contribution in [0.15, 0.2) is 84.0 Å². The maximum Gasteiger partial charge on any atom is 0.141 e. The Balaban J connectivity index is 1.69. The Labute approximate surface area is 149 Å². The minimum absolute atomic E-state index is 0.0690. The Morgan fingerprint density at radius 3 is 2.56 bits per heavy atom. The molecule has 0 N–H and O–H groups in total. The third kappa shape index (κ3) is 3.19. The molecular formula is C21H14ClFN2. The molecule has 0 radical (unpaired) electrons. The molecule has 122 valence electrons. The normalized spacial score (nSPS) is 11.4. The van der Waals surface area contributed by atoms with Crippen molar-refractivity contribution in [2.45, 2.75) is 0 Å². The zero-order chi connectivity index (χ0) is 17.2. The lowest BCUT2D eigenvalue weighted by Gasteiger charge is -2.08. The first kappa shape index (κ1) is 15.6. The molecule has 4 heteroatoms. The Bertz CT molecular complexity index is 1080. The maximum absolute atomic E-state index is 13.2. The molecule has 25 heavy (non-hydrogen) atoms. The first-order valence-electron chi connectivity index (χ1n) is 7.86. The summed E-state index contributed by atoms with van der Waals surface area (Å²) in [5.74, 6) is -0.444. The maximum atomic E-state index is 13.2. The van der Waals surface area contributed by atoms with Crippen molar-refractivity contribution in [1.82, 2.24) is 4.57 Å². The average Bonchev–Trinajstić information content (AvgIpc) is 3.11. The Hall–Kier alpha value is -2.91. The number of hydrogen-bond acceptors (Lipinski definition) is 1. The Kier molecular flexibility index (Phi) is 4.08. The van der Waals surface area contributed by atoms with E-state index in [-0.39, 0.29) is 5.02 Å². The smallest absolute Gasteiger partial charge is 0.141 e. The largest absolute Gasteiger partial charge is 0.316 e. The molecule has 0 aliphatic rings. The highest BCUT2D eigenvalue weighted by Crippen LogP contribution is 2.23. The fraction of sp³-hybridized carbons (Fsp3) is 0. The quantitative estimate of drug-likeness (QED) is 0.394.